The zero-order valence-electron chi connectivity index (χ0n) is 15.1. The van der Waals surface area contributed by atoms with E-state index in [1.807, 2.05) is 29.2 Å². The molecule has 2 heterocycles. The van der Waals surface area contributed by atoms with E-state index in [0.717, 1.165) is 64.0 Å². The summed E-state index contributed by atoms with van der Waals surface area (Å²) in [6, 6.07) is 7.51. The van der Waals surface area contributed by atoms with Crippen LogP contribution in [0.5, 0.6) is 5.75 Å². The minimum Gasteiger partial charge on any atom is -0.490 e. The van der Waals surface area contributed by atoms with Gasteiger partial charge in [0, 0.05) is 37.1 Å². The third-order valence-corrected chi connectivity index (χ3v) is 5.44. The van der Waals surface area contributed by atoms with Crippen LogP contribution in [0.25, 0.3) is 0 Å². The predicted molar refractivity (Wildman–Crippen MR) is 95.9 cm³/mol. The van der Waals surface area contributed by atoms with Crippen LogP contribution in [0.15, 0.2) is 24.3 Å². The van der Waals surface area contributed by atoms with Crippen molar-refractivity contribution in [2.45, 2.75) is 57.1 Å². The Balaban J connectivity index is 1.63. The third kappa shape index (κ3) is 4.33. The lowest BCUT2D eigenvalue weighted by Crippen LogP contribution is -2.45. The lowest BCUT2D eigenvalue weighted by molar-refractivity contribution is 0.0255. The average Bonchev–Trinajstić information content (AvgIpc) is 3.03. The monoisotopic (exact) mass is 347 g/mol. The molecule has 1 aromatic carbocycles. The summed E-state index contributed by atoms with van der Waals surface area (Å²) in [5, 5.41) is 9.12. The molecule has 1 N–H and O–H groups in total. The van der Waals surface area contributed by atoms with Crippen molar-refractivity contribution < 1.29 is 19.4 Å². The van der Waals surface area contributed by atoms with Crippen molar-refractivity contribution >= 4 is 5.91 Å². The molecule has 0 radical (unpaired) electrons. The first kappa shape index (κ1) is 18.2. The maximum atomic E-state index is 12.9. The molecule has 5 heteroatoms. The van der Waals surface area contributed by atoms with E-state index in [1.54, 1.807) is 0 Å². The molecule has 3 rings (SSSR count). The largest absolute Gasteiger partial charge is 0.490 e. The molecule has 2 aliphatic rings. The van der Waals surface area contributed by atoms with Gasteiger partial charge in [-0.3, -0.25) is 4.79 Å². The SMILES string of the molecule is CC1(CCCO)CCCN1C(=O)c1ccc(OC2CCOCC2)cc1. The second kappa shape index (κ2) is 8.19. The minimum atomic E-state index is -0.142. The Kier molecular flexibility index (Phi) is 5.97. The highest BCUT2D eigenvalue weighted by Gasteiger charge is 2.39. The zero-order chi connectivity index (χ0) is 17.7. The average molecular weight is 347 g/mol. The summed E-state index contributed by atoms with van der Waals surface area (Å²) < 4.78 is 11.3. The van der Waals surface area contributed by atoms with Gasteiger partial charge >= 0.3 is 0 Å². The first-order valence-corrected chi connectivity index (χ1v) is 9.40. The van der Waals surface area contributed by atoms with E-state index < -0.39 is 0 Å². The van der Waals surface area contributed by atoms with Crippen molar-refractivity contribution in [1.29, 1.82) is 0 Å². The number of carbonyl (C=O) groups is 1. The summed E-state index contributed by atoms with van der Waals surface area (Å²) in [7, 11) is 0. The zero-order valence-corrected chi connectivity index (χ0v) is 15.1. The van der Waals surface area contributed by atoms with Crippen molar-refractivity contribution in [3.05, 3.63) is 29.8 Å². The maximum Gasteiger partial charge on any atom is 0.254 e. The number of ether oxygens (including phenoxy) is 2. The Labute approximate surface area is 149 Å². The van der Waals surface area contributed by atoms with Gasteiger partial charge in [0.25, 0.3) is 5.91 Å². The normalized spacial score (nSPS) is 24.5. The molecule has 0 bridgehead atoms. The molecule has 1 unspecified atom stereocenters. The summed E-state index contributed by atoms with van der Waals surface area (Å²) in [6.07, 6.45) is 5.64. The molecule has 0 aromatic heterocycles. The Morgan fingerprint density at radius 1 is 1.32 bits per heavy atom. The van der Waals surface area contributed by atoms with Gasteiger partial charge in [-0.15, -0.1) is 0 Å². The Bertz CT molecular complexity index is 568. The van der Waals surface area contributed by atoms with Crippen molar-refractivity contribution in [2.75, 3.05) is 26.4 Å². The number of hydrogen-bond acceptors (Lipinski definition) is 4. The number of hydrogen-bond donors (Lipinski definition) is 1. The fourth-order valence-electron chi connectivity index (χ4n) is 3.91. The van der Waals surface area contributed by atoms with Gasteiger partial charge in [-0.1, -0.05) is 0 Å². The molecule has 0 aliphatic carbocycles. The summed E-state index contributed by atoms with van der Waals surface area (Å²) in [5.41, 5.74) is 0.563. The molecule has 1 amide bonds. The number of likely N-dealkylation sites (tertiary alicyclic amines) is 1. The Hall–Kier alpha value is -1.59. The van der Waals surface area contributed by atoms with Gasteiger partial charge in [-0.05, 0) is 56.9 Å². The first-order chi connectivity index (χ1) is 12.1. The van der Waals surface area contributed by atoms with E-state index in [9.17, 15) is 4.79 Å². The van der Waals surface area contributed by atoms with Gasteiger partial charge in [0.15, 0.2) is 0 Å². The fraction of sp³-hybridized carbons (Fsp3) is 0.650. The number of aliphatic hydroxyl groups is 1. The first-order valence-electron chi connectivity index (χ1n) is 9.40. The maximum absolute atomic E-state index is 12.9. The molecule has 25 heavy (non-hydrogen) atoms. The van der Waals surface area contributed by atoms with E-state index in [1.165, 1.54) is 0 Å². The van der Waals surface area contributed by atoms with Gasteiger partial charge in [0.05, 0.1) is 13.2 Å². The quantitative estimate of drug-likeness (QED) is 0.859. The van der Waals surface area contributed by atoms with Gasteiger partial charge in [0.2, 0.25) is 0 Å². The Morgan fingerprint density at radius 2 is 2.04 bits per heavy atom. The Morgan fingerprint density at radius 3 is 2.72 bits per heavy atom. The van der Waals surface area contributed by atoms with Crippen LogP contribution >= 0.6 is 0 Å². The molecule has 138 valence electrons. The number of amides is 1. The molecular formula is C20H29NO4. The van der Waals surface area contributed by atoms with Crippen LogP contribution in [0.2, 0.25) is 0 Å². The minimum absolute atomic E-state index is 0.0792. The van der Waals surface area contributed by atoms with Gasteiger partial charge in [0.1, 0.15) is 11.9 Å². The van der Waals surface area contributed by atoms with Crippen molar-refractivity contribution in [3.63, 3.8) is 0 Å². The van der Waals surface area contributed by atoms with E-state index in [4.69, 9.17) is 14.6 Å². The van der Waals surface area contributed by atoms with Crippen LogP contribution < -0.4 is 4.74 Å². The van der Waals surface area contributed by atoms with Crippen LogP contribution in [0.3, 0.4) is 0 Å². The van der Waals surface area contributed by atoms with Crippen molar-refractivity contribution in [1.82, 2.24) is 4.90 Å². The summed E-state index contributed by atoms with van der Waals surface area (Å²) >= 11 is 0. The van der Waals surface area contributed by atoms with Crippen LogP contribution in [0.4, 0.5) is 0 Å². The van der Waals surface area contributed by atoms with E-state index >= 15 is 0 Å². The van der Waals surface area contributed by atoms with Crippen LogP contribution in [0, 0.1) is 0 Å². The second-order valence-electron chi connectivity index (χ2n) is 7.34. The summed E-state index contributed by atoms with van der Waals surface area (Å²) in [5.74, 6) is 0.892. The standard InChI is InChI=1S/C20H29NO4/c1-20(11-3-13-22)10-2-12-21(20)19(23)16-4-6-17(7-5-16)25-18-8-14-24-15-9-18/h4-7,18,22H,2-3,8-15H2,1H3. The van der Waals surface area contributed by atoms with E-state index in [2.05, 4.69) is 6.92 Å². The lowest BCUT2D eigenvalue weighted by atomic mass is 9.92. The third-order valence-electron chi connectivity index (χ3n) is 5.44. The number of aliphatic hydroxyl groups excluding tert-OH is 1. The molecule has 2 aliphatic heterocycles. The number of nitrogens with zero attached hydrogens (tertiary/aromatic N) is 1. The van der Waals surface area contributed by atoms with Crippen LogP contribution in [-0.4, -0.2) is 53.9 Å². The van der Waals surface area contributed by atoms with Crippen LogP contribution in [-0.2, 0) is 4.74 Å². The predicted octanol–water partition coefficient (Wildman–Crippen LogP) is 3.01. The summed E-state index contributed by atoms with van der Waals surface area (Å²) in [6.45, 7) is 4.61. The highest BCUT2D eigenvalue weighted by molar-refractivity contribution is 5.95. The molecule has 5 nitrogen and oxygen atoms in total. The molecule has 0 saturated carbocycles. The number of rotatable bonds is 6. The van der Waals surface area contributed by atoms with Crippen molar-refractivity contribution in [3.8, 4) is 5.75 Å². The van der Waals surface area contributed by atoms with Crippen LogP contribution in [0.1, 0.15) is 55.8 Å². The van der Waals surface area contributed by atoms with Crippen molar-refractivity contribution in [2.24, 2.45) is 0 Å². The van der Waals surface area contributed by atoms with Gasteiger partial charge in [-0.2, -0.15) is 0 Å². The topological polar surface area (TPSA) is 59.0 Å². The van der Waals surface area contributed by atoms with Gasteiger partial charge < -0.3 is 19.5 Å². The second-order valence-corrected chi connectivity index (χ2v) is 7.34. The number of benzene rings is 1. The van der Waals surface area contributed by atoms with E-state index in [0.29, 0.717) is 5.56 Å². The fourth-order valence-corrected chi connectivity index (χ4v) is 3.91. The molecule has 2 fully saturated rings. The van der Waals surface area contributed by atoms with Gasteiger partial charge in [-0.25, -0.2) is 0 Å². The molecule has 1 atom stereocenters. The number of carbonyl (C=O) groups excluding carboxylic acids is 1. The molecule has 1 aromatic rings. The highest BCUT2D eigenvalue weighted by Crippen LogP contribution is 2.34. The lowest BCUT2D eigenvalue weighted by Gasteiger charge is -2.35. The molecule has 0 spiro atoms. The molecular weight excluding hydrogens is 318 g/mol. The summed E-state index contributed by atoms with van der Waals surface area (Å²) in [4.78, 5) is 14.9. The molecule has 2 saturated heterocycles. The smallest absolute Gasteiger partial charge is 0.254 e. The van der Waals surface area contributed by atoms with E-state index in [-0.39, 0.29) is 24.2 Å². The highest BCUT2D eigenvalue weighted by atomic mass is 16.5.